The Morgan fingerprint density at radius 1 is 1.41 bits per heavy atom. The highest BCUT2D eigenvalue weighted by atomic mass is 79.9. The van der Waals surface area contributed by atoms with E-state index >= 15 is 0 Å². The Balaban J connectivity index is 2.78. The maximum Gasteiger partial charge on any atom is 0.308 e. The van der Waals surface area contributed by atoms with Crippen LogP contribution in [0.3, 0.4) is 0 Å². The zero-order valence-electron chi connectivity index (χ0n) is 12.9. The molecule has 0 spiro atoms. The van der Waals surface area contributed by atoms with Gasteiger partial charge in [-0.05, 0) is 31.5 Å². The van der Waals surface area contributed by atoms with Gasteiger partial charge in [0.05, 0.1) is 5.92 Å². The van der Waals surface area contributed by atoms with Crippen molar-refractivity contribution in [2.45, 2.75) is 20.3 Å². The Bertz CT molecular complexity index is 507. The summed E-state index contributed by atoms with van der Waals surface area (Å²) in [6.07, 6.45) is 0.680. The van der Waals surface area contributed by atoms with E-state index in [1.165, 1.54) is 0 Å². The first kappa shape index (κ1) is 18.6. The molecule has 22 heavy (non-hydrogen) atoms. The van der Waals surface area contributed by atoms with Crippen molar-refractivity contribution in [3.8, 4) is 0 Å². The molecule has 0 aliphatic rings. The summed E-state index contributed by atoms with van der Waals surface area (Å²) in [7, 11) is 0. The number of ether oxygens (including phenoxy) is 1. The summed E-state index contributed by atoms with van der Waals surface area (Å²) in [6.45, 7) is 5.37. The molecule has 1 rings (SSSR count). The lowest BCUT2D eigenvalue weighted by molar-refractivity contribution is -0.141. The van der Waals surface area contributed by atoms with Crippen molar-refractivity contribution in [1.29, 1.82) is 0 Å². The minimum absolute atomic E-state index is 0.161. The zero-order chi connectivity index (χ0) is 16.5. The number of halogens is 1. The van der Waals surface area contributed by atoms with Crippen molar-refractivity contribution in [2.75, 3.05) is 26.3 Å². The number of carboxylic acids is 1. The standard InChI is InChI=1S/C16H22BrNO4/c1-3-22-9-5-8-18(11-12(2)16(20)21)15(19)13-6-4-7-14(17)10-13/h4,6-7,10,12H,3,5,8-9,11H2,1-2H3,(H,20,21). The maximum atomic E-state index is 12.6. The summed E-state index contributed by atoms with van der Waals surface area (Å²) in [5.41, 5.74) is 0.545. The van der Waals surface area contributed by atoms with Crippen molar-refractivity contribution in [1.82, 2.24) is 4.90 Å². The Labute approximate surface area is 139 Å². The summed E-state index contributed by atoms with van der Waals surface area (Å²) in [5.74, 6) is -1.68. The third-order valence-corrected chi connectivity index (χ3v) is 3.69. The van der Waals surface area contributed by atoms with E-state index in [0.29, 0.717) is 31.7 Å². The minimum atomic E-state index is -0.906. The van der Waals surface area contributed by atoms with E-state index in [9.17, 15) is 9.59 Å². The number of amides is 1. The van der Waals surface area contributed by atoms with Crippen LogP contribution in [0.5, 0.6) is 0 Å². The molecule has 122 valence electrons. The van der Waals surface area contributed by atoms with Crippen LogP contribution in [-0.4, -0.2) is 48.2 Å². The maximum absolute atomic E-state index is 12.6. The van der Waals surface area contributed by atoms with Gasteiger partial charge in [0, 0.05) is 36.3 Å². The molecule has 1 atom stereocenters. The summed E-state index contributed by atoms with van der Waals surface area (Å²) in [4.78, 5) is 25.2. The number of carboxylic acid groups (broad SMARTS) is 1. The Hall–Kier alpha value is -1.40. The molecule has 1 aromatic rings. The van der Waals surface area contributed by atoms with Gasteiger partial charge in [0.1, 0.15) is 0 Å². The van der Waals surface area contributed by atoms with Gasteiger partial charge in [0.15, 0.2) is 0 Å². The number of benzene rings is 1. The highest BCUT2D eigenvalue weighted by molar-refractivity contribution is 9.10. The lowest BCUT2D eigenvalue weighted by Crippen LogP contribution is -2.38. The van der Waals surface area contributed by atoms with E-state index in [2.05, 4.69) is 15.9 Å². The largest absolute Gasteiger partial charge is 0.481 e. The molecule has 1 unspecified atom stereocenters. The Kier molecular flexibility index (Phi) is 8.12. The molecular weight excluding hydrogens is 350 g/mol. The molecule has 6 heteroatoms. The molecule has 0 saturated carbocycles. The minimum Gasteiger partial charge on any atom is -0.481 e. The van der Waals surface area contributed by atoms with E-state index in [1.54, 1.807) is 30.0 Å². The van der Waals surface area contributed by atoms with Crippen LogP contribution in [0.1, 0.15) is 30.6 Å². The van der Waals surface area contributed by atoms with E-state index in [0.717, 1.165) is 4.47 Å². The second-order valence-electron chi connectivity index (χ2n) is 5.05. The van der Waals surface area contributed by atoms with Gasteiger partial charge in [-0.2, -0.15) is 0 Å². The van der Waals surface area contributed by atoms with Crippen molar-refractivity contribution in [2.24, 2.45) is 5.92 Å². The van der Waals surface area contributed by atoms with Crippen LogP contribution >= 0.6 is 15.9 Å². The smallest absolute Gasteiger partial charge is 0.308 e. The summed E-state index contributed by atoms with van der Waals surface area (Å²) >= 11 is 3.34. The number of nitrogens with zero attached hydrogens (tertiary/aromatic N) is 1. The monoisotopic (exact) mass is 371 g/mol. The number of rotatable bonds is 9. The average Bonchev–Trinajstić information content (AvgIpc) is 2.49. The van der Waals surface area contributed by atoms with E-state index in [4.69, 9.17) is 9.84 Å². The lowest BCUT2D eigenvalue weighted by Gasteiger charge is -2.24. The van der Waals surface area contributed by atoms with Crippen LogP contribution in [0.4, 0.5) is 0 Å². The number of carbonyl (C=O) groups is 2. The van der Waals surface area contributed by atoms with Gasteiger partial charge in [0.2, 0.25) is 0 Å². The van der Waals surface area contributed by atoms with Crippen LogP contribution in [0.15, 0.2) is 28.7 Å². The molecule has 1 amide bonds. The number of hydrogen-bond acceptors (Lipinski definition) is 3. The molecule has 1 aromatic carbocycles. The van der Waals surface area contributed by atoms with Crippen LogP contribution < -0.4 is 0 Å². The van der Waals surface area contributed by atoms with Crippen LogP contribution in [0.25, 0.3) is 0 Å². The number of carbonyl (C=O) groups excluding carboxylic acids is 1. The third-order valence-electron chi connectivity index (χ3n) is 3.20. The first-order chi connectivity index (χ1) is 10.5. The molecule has 0 heterocycles. The van der Waals surface area contributed by atoms with Gasteiger partial charge in [-0.15, -0.1) is 0 Å². The fourth-order valence-corrected chi connectivity index (χ4v) is 2.39. The van der Waals surface area contributed by atoms with Crippen LogP contribution in [-0.2, 0) is 9.53 Å². The summed E-state index contributed by atoms with van der Waals surface area (Å²) < 4.78 is 6.10. The molecule has 0 aromatic heterocycles. The van der Waals surface area contributed by atoms with Crippen molar-refractivity contribution in [3.05, 3.63) is 34.3 Å². The third kappa shape index (κ3) is 6.15. The fraction of sp³-hybridized carbons (Fsp3) is 0.500. The molecule has 0 radical (unpaired) electrons. The van der Waals surface area contributed by atoms with Crippen molar-refractivity contribution in [3.63, 3.8) is 0 Å². The van der Waals surface area contributed by atoms with Crippen LogP contribution in [0.2, 0.25) is 0 Å². The zero-order valence-corrected chi connectivity index (χ0v) is 14.5. The molecule has 0 saturated heterocycles. The Morgan fingerprint density at radius 3 is 2.73 bits per heavy atom. The molecular formula is C16H22BrNO4. The molecule has 1 N–H and O–H groups in total. The molecule has 0 aliphatic carbocycles. The second-order valence-corrected chi connectivity index (χ2v) is 5.97. The summed E-state index contributed by atoms with van der Waals surface area (Å²) in [5, 5.41) is 9.07. The topological polar surface area (TPSA) is 66.8 Å². The number of aliphatic carboxylic acids is 1. The second kappa shape index (κ2) is 9.58. The average molecular weight is 372 g/mol. The number of hydrogen-bond donors (Lipinski definition) is 1. The lowest BCUT2D eigenvalue weighted by atomic mass is 10.1. The summed E-state index contributed by atoms with van der Waals surface area (Å²) in [6, 6.07) is 7.10. The molecule has 0 fully saturated rings. The van der Waals surface area contributed by atoms with Gasteiger partial charge in [-0.1, -0.05) is 28.9 Å². The first-order valence-electron chi connectivity index (χ1n) is 7.31. The highest BCUT2D eigenvalue weighted by Gasteiger charge is 2.21. The van der Waals surface area contributed by atoms with Crippen molar-refractivity contribution >= 4 is 27.8 Å². The van der Waals surface area contributed by atoms with Gasteiger partial charge < -0.3 is 14.7 Å². The van der Waals surface area contributed by atoms with Crippen molar-refractivity contribution < 1.29 is 19.4 Å². The predicted octanol–water partition coefficient (Wildman–Crippen LogP) is 3.04. The van der Waals surface area contributed by atoms with Crippen LogP contribution in [0, 0.1) is 5.92 Å². The predicted molar refractivity (Wildman–Crippen MR) is 88.0 cm³/mol. The normalized spacial score (nSPS) is 12.0. The first-order valence-corrected chi connectivity index (χ1v) is 8.10. The quantitative estimate of drug-likeness (QED) is 0.677. The highest BCUT2D eigenvalue weighted by Crippen LogP contribution is 2.15. The van der Waals surface area contributed by atoms with Gasteiger partial charge in [-0.3, -0.25) is 9.59 Å². The van der Waals surface area contributed by atoms with Gasteiger partial charge in [0.25, 0.3) is 5.91 Å². The molecule has 0 aliphatic heterocycles. The van der Waals surface area contributed by atoms with Gasteiger partial charge >= 0.3 is 5.97 Å². The fourth-order valence-electron chi connectivity index (χ4n) is 1.99. The van der Waals surface area contributed by atoms with E-state index < -0.39 is 11.9 Å². The Morgan fingerprint density at radius 2 is 2.14 bits per heavy atom. The van der Waals surface area contributed by atoms with E-state index in [-0.39, 0.29) is 12.5 Å². The SMILES string of the molecule is CCOCCCN(CC(C)C(=O)O)C(=O)c1cccc(Br)c1. The molecule has 5 nitrogen and oxygen atoms in total. The van der Waals surface area contributed by atoms with Gasteiger partial charge in [-0.25, -0.2) is 0 Å². The molecule has 0 bridgehead atoms. The van der Waals surface area contributed by atoms with E-state index in [1.807, 2.05) is 13.0 Å².